The van der Waals surface area contributed by atoms with Gasteiger partial charge in [-0.2, -0.15) is 0 Å². The predicted octanol–water partition coefficient (Wildman–Crippen LogP) is 9.00. The number of pyridine rings is 1. The molecule has 4 aromatic heterocycles. The molecule has 274 valence electrons. The SMILES string of the molecule is Cc1cccc(C)c1B1N(C)c2ccc(Oc3[c-]c4c(cc3)n3c5cccc(C)c5nc3n4-c3cc4c(cn3)-c3ccccc3C4(C)C)[c-]c2-c2nccn21.[Pt+2]. The monoisotopic (exact) mass is 908 g/mol. The molecule has 1 aliphatic heterocycles. The Morgan fingerprint density at radius 1 is 0.750 bits per heavy atom. The van der Waals surface area contributed by atoms with Gasteiger partial charge in [0.1, 0.15) is 5.82 Å². The van der Waals surface area contributed by atoms with E-state index in [0.717, 1.165) is 56.3 Å². The molecular formula is C46H36BN7OPt. The number of anilines is 1. The van der Waals surface area contributed by atoms with Gasteiger partial charge >= 0.3 is 28.0 Å². The molecule has 0 spiro atoms. The van der Waals surface area contributed by atoms with Crippen LogP contribution in [0.3, 0.4) is 0 Å². The van der Waals surface area contributed by atoms with E-state index in [1.165, 1.54) is 38.8 Å². The number of nitrogens with zero attached hydrogens (tertiary/aromatic N) is 7. The van der Waals surface area contributed by atoms with Crippen LogP contribution in [-0.2, 0) is 26.5 Å². The number of para-hydroxylation sites is 1. The second-order valence-electron chi connectivity index (χ2n) is 15.5. The van der Waals surface area contributed by atoms with Crippen LogP contribution in [0.4, 0.5) is 5.69 Å². The first-order chi connectivity index (χ1) is 26.7. The maximum absolute atomic E-state index is 6.62. The molecule has 0 atom stereocenters. The van der Waals surface area contributed by atoms with Crippen molar-refractivity contribution in [1.29, 1.82) is 0 Å². The Kier molecular flexibility index (Phi) is 7.59. The van der Waals surface area contributed by atoms with Crippen molar-refractivity contribution in [3.05, 3.63) is 150 Å². The number of hydrogen-bond acceptors (Lipinski definition) is 5. The second-order valence-corrected chi connectivity index (χ2v) is 15.5. The van der Waals surface area contributed by atoms with Crippen LogP contribution in [0.2, 0.25) is 0 Å². The number of aryl methyl sites for hydroxylation is 3. The fourth-order valence-corrected chi connectivity index (χ4v) is 9.20. The summed E-state index contributed by atoms with van der Waals surface area (Å²) in [5.74, 6) is 3.58. The molecule has 5 heterocycles. The molecule has 9 aromatic rings. The molecule has 10 heteroatoms. The van der Waals surface area contributed by atoms with Crippen molar-refractivity contribution in [2.24, 2.45) is 0 Å². The van der Waals surface area contributed by atoms with Gasteiger partial charge < -0.3 is 18.4 Å². The Labute approximate surface area is 339 Å². The predicted molar refractivity (Wildman–Crippen MR) is 220 cm³/mol. The first-order valence-corrected chi connectivity index (χ1v) is 18.7. The molecule has 11 rings (SSSR count). The van der Waals surface area contributed by atoms with Gasteiger partial charge in [-0.25, -0.2) is 9.97 Å². The number of benzene rings is 5. The third-order valence-corrected chi connectivity index (χ3v) is 11.9. The van der Waals surface area contributed by atoms with Gasteiger partial charge in [0.25, 0.3) is 0 Å². The molecular weight excluding hydrogens is 872 g/mol. The molecule has 0 bridgehead atoms. The molecule has 0 amide bonds. The number of rotatable bonds is 4. The summed E-state index contributed by atoms with van der Waals surface area (Å²) < 4.78 is 13.2. The Bertz CT molecular complexity index is 3060. The number of ether oxygens (including phenoxy) is 1. The van der Waals surface area contributed by atoms with Crippen molar-refractivity contribution >= 4 is 46.0 Å². The van der Waals surface area contributed by atoms with Crippen LogP contribution in [0, 0.1) is 32.9 Å². The second kappa shape index (κ2) is 12.3. The third-order valence-electron chi connectivity index (χ3n) is 11.9. The third kappa shape index (κ3) is 4.73. The van der Waals surface area contributed by atoms with Crippen LogP contribution in [-0.4, -0.2) is 42.4 Å². The average molecular weight is 909 g/mol. The normalized spacial score (nSPS) is 13.8. The van der Waals surface area contributed by atoms with Gasteiger partial charge in [0.15, 0.2) is 0 Å². The van der Waals surface area contributed by atoms with E-state index in [1.54, 1.807) is 0 Å². The molecule has 1 aliphatic carbocycles. The summed E-state index contributed by atoms with van der Waals surface area (Å²) in [6.45, 7) is 11.0. The maximum Gasteiger partial charge on any atom is 2.00 e. The maximum atomic E-state index is 6.62. The van der Waals surface area contributed by atoms with Crippen LogP contribution < -0.4 is 15.0 Å². The summed E-state index contributed by atoms with van der Waals surface area (Å²) in [5, 5.41) is 0. The van der Waals surface area contributed by atoms with E-state index in [9.17, 15) is 0 Å². The van der Waals surface area contributed by atoms with E-state index in [-0.39, 0.29) is 33.5 Å². The van der Waals surface area contributed by atoms with Crippen molar-refractivity contribution in [3.63, 3.8) is 0 Å². The zero-order valence-corrected chi connectivity index (χ0v) is 34.1. The standard InChI is InChI=1S/C46H36BN7O.Pt/c1-27-11-9-12-28(2)42(27)47-51(6)37-19-17-30(23-33(37)44-48-21-22-52(44)47)55-31-18-20-38-40(24-31)54(45-50-43-29(3)13-10-16-39(43)53(38)45)41-25-36-34(26-49-41)32-14-7-8-15-35(32)46(36,4)5;/h7-22,25-26H,1-6H3;/q-2;+2. The van der Waals surface area contributed by atoms with Crippen molar-refractivity contribution in [2.45, 2.75) is 40.0 Å². The molecule has 0 radical (unpaired) electrons. The van der Waals surface area contributed by atoms with E-state index in [2.05, 4.69) is 157 Å². The van der Waals surface area contributed by atoms with E-state index in [4.69, 9.17) is 19.7 Å². The van der Waals surface area contributed by atoms with Crippen molar-refractivity contribution in [3.8, 4) is 39.8 Å². The molecule has 0 saturated carbocycles. The largest absolute Gasteiger partial charge is 2.00 e. The van der Waals surface area contributed by atoms with E-state index >= 15 is 0 Å². The zero-order chi connectivity index (χ0) is 37.3. The quantitative estimate of drug-likeness (QED) is 0.130. The average Bonchev–Trinajstić information content (AvgIpc) is 3.94. The molecule has 8 nitrogen and oxygen atoms in total. The van der Waals surface area contributed by atoms with Gasteiger partial charge in [0.05, 0.1) is 11.0 Å². The molecule has 2 aliphatic rings. The Balaban J connectivity index is 0.00000384. The van der Waals surface area contributed by atoms with Crippen molar-refractivity contribution in [2.75, 3.05) is 11.9 Å². The minimum Gasteiger partial charge on any atom is -0.503 e. The van der Waals surface area contributed by atoms with Crippen LogP contribution in [0.5, 0.6) is 11.5 Å². The van der Waals surface area contributed by atoms with Gasteiger partial charge in [0, 0.05) is 46.9 Å². The minimum absolute atomic E-state index is 0. The minimum atomic E-state index is -0.179. The number of imidazole rings is 3. The van der Waals surface area contributed by atoms with Gasteiger partial charge in [0.2, 0.25) is 5.78 Å². The topological polar surface area (TPSA) is 65.4 Å². The van der Waals surface area contributed by atoms with Gasteiger partial charge in [-0.15, -0.1) is 24.3 Å². The van der Waals surface area contributed by atoms with Crippen molar-refractivity contribution < 1.29 is 25.8 Å². The van der Waals surface area contributed by atoms with Gasteiger partial charge in [-0.3, -0.25) is 9.55 Å². The molecule has 0 fully saturated rings. The summed E-state index contributed by atoms with van der Waals surface area (Å²) in [4.78, 5) is 17.5. The van der Waals surface area contributed by atoms with Crippen LogP contribution >= 0.6 is 0 Å². The molecule has 56 heavy (non-hydrogen) atoms. The Morgan fingerprint density at radius 3 is 2.34 bits per heavy atom. The Hall–Kier alpha value is -5.92. The van der Waals surface area contributed by atoms with E-state index in [1.807, 2.05) is 24.5 Å². The summed E-state index contributed by atoms with van der Waals surface area (Å²) in [6.07, 6.45) is 5.93. The summed E-state index contributed by atoms with van der Waals surface area (Å²) >= 11 is 0. The first kappa shape index (κ1) is 34.6. The summed E-state index contributed by atoms with van der Waals surface area (Å²) in [5.41, 5.74) is 15.4. The smallest absolute Gasteiger partial charge is 0.503 e. The Morgan fingerprint density at radius 2 is 1.50 bits per heavy atom. The first-order valence-electron chi connectivity index (χ1n) is 18.7. The van der Waals surface area contributed by atoms with Gasteiger partial charge in [-0.1, -0.05) is 103 Å². The van der Waals surface area contributed by atoms with E-state index < -0.39 is 0 Å². The van der Waals surface area contributed by atoms with Crippen LogP contribution in [0.25, 0.3) is 56.2 Å². The van der Waals surface area contributed by atoms with E-state index in [0.29, 0.717) is 11.5 Å². The molecule has 0 unspecified atom stereocenters. The summed E-state index contributed by atoms with van der Waals surface area (Å²) in [6, 6.07) is 39.0. The number of fused-ring (bicyclic) bond motifs is 11. The fourth-order valence-electron chi connectivity index (χ4n) is 9.20. The zero-order valence-electron chi connectivity index (χ0n) is 31.8. The van der Waals surface area contributed by atoms with Crippen molar-refractivity contribution in [1.82, 2.24) is 28.4 Å². The number of aromatic nitrogens is 6. The molecule has 5 aromatic carbocycles. The molecule has 0 saturated heterocycles. The van der Waals surface area contributed by atoms with Gasteiger partial charge in [-0.05, 0) is 78.7 Å². The number of hydrogen-bond donors (Lipinski definition) is 0. The fraction of sp³-hybridized carbons (Fsp3) is 0.152. The van der Waals surface area contributed by atoms with Crippen LogP contribution in [0.1, 0.15) is 41.7 Å². The summed E-state index contributed by atoms with van der Waals surface area (Å²) in [7, 11) is 2.14. The molecule has 0 N–H and O–H groups in total. The van der Waals surface area contributed by atoms with Crippen LogP contribution in [0.15, 0.2) is 110 Å².